The van der Waals surface area contributed by atoms with E-state index in [9.17, 15) is 4.79 Å². The molecule has 1 aliphatic rings. The topological polar surface area (TPSA) is 36.4 Å². The molecule has 0 radical (unpaired) electrons. The zero-order valence-electron chi connectivity index (χ0n) is 13.2. The Balaban J connectivity index is 1.54. The highest BCUT2D eigenvalue weighted by Gasteiger charge is 2.28. The van der Waals surface area contributed by atoms with Gasteiger partial charge < -0.3 is 4.90 Å². The van der Waals surface area contributed by atoms with Gasteiger partial charge in [-0.1, -0.05) is 54.1 Å². The van der Waals surface area contributed by atoms with Crippen molar-refractivity contribution >= 4 is 29.4 Å². The fraction of sp³-hybridized carbons (Fsp3) is 0.158. The first-order valence-corrected chi connectivity index (χ1v) is 8.18. The summed E-state index contributed by atoms with van der Waals surface area (Å²) in [5.41, 5.74) is 1.87. The van der Waals surface area contributed by atoms with Crippen molar-refractivity contribution < 1.29 is 4.79 Å². The molecule has 1 saturated heterocycles. The number of halogens is 1. The van der Waals surface area contributed by atoms with Crippen LogP contribution < -0.4 is 4.90 Å². The highest BCUT2D eigenvalue weighted by Crippen LogP contribution is 2.19. The average molecular weight is 340 g/mol. The molecule has 1 aromatic carbocycles. The second-order valence-electron chi connectivity index (χ2n) is 5.39. The maximum absolute atomic E-state index is 12.4. The zero-order valence-corrected chi connectivity index (χ0v) is 13.9. The van der Waals surface area contributed by atoms with Crippen molar-refractivity contribution in [2.24, 2.45) is 0 Å². The number of carbonyl (C=O) groups excluding carboxylic acids is 1. The van der Waals surface area contributed by atoms with Crippen LogP contribution in [0.2, 0.25) is 5.02 Å². The van der Waals surface area contributed by atoms with Crippen molar-refractivity contribution in [3.63, 3.8) is 0 Å². The van der Waals surface area contributed by atoms with E-state index in [0.29, 0.717) is 13.1 Å². The molecule has 0 aliphatic carbocycles. The molecule has 1 fully saturated rings. The van der Waals surface area contributed by atoms with Crippen LogP contribution in [-0.4, -0.2) is 35.5 Å². The average Bonchev–Trinajstić information content (AvgIpc) is 2.98. The molecule has 4 nitrogen and oxygen atoms in total. The van der Waals surface area contributed by atoms with Crippen molar-refractivity contribution in [2.75, 3.05) is 24.5 Å². The Morgan fingerprint density at radius 3 is 2.67 bits per heavy atom. The zero-order chi connectivity index (χ0) is 16.8. The van der Waals surface area contributed by atoms with Gasteiger partial charge in [0.25, 0.3) is 0 Å². The molecule has 0 N–H and O–H groups in total. The van der Waals surface area contributed by atoms with Crippen LogP contribution in [0.1, 0.15) is 5.56 Å². The molecule has 0 spiro atoms. The number of benzene rings is 1. The first-order valence-electron chi connectivity index (χ1n) is 7.80. The number of hydrogen-bond acceptors (Lipinski definition) is 2. The minimum absolute atomic E-state index is 0.0286. The molecule has 0 saturated carbocycles. The quantitative estimate of drug-likeness (QED) is 0.764. The third-order valence-electron chi connectivity index (χ3n) is 3.82. The first-order chi connectivity index (χ1) is 11.8. The van der Waals surface area contributed by atoms with Crippen molar-refractivity contribution in [1.29, 1.82) is 0 Å². The molecule has 0 unspecified atom stereocenters. The number of hydrogen-bond donors (Lipinski definition) is 0. The number of urea groups is 1. The standard InChI is InChI=1S/C19H18ClN3O/c20-18-8-4-3-7-16(18)6-2-1-5-13-22-14-15-23(19(22)24)17-9-11-21-12-10-17/h1-12H,13-15H2. The lowest BCUT2D eigenvalue weighted by Crippen LogP contribution is -2.31. The van der Waals surface area contributed by atoms with Crippen molar-refractivity contribution in [3.8, 4) is 0 Å². The van der Waals surface area contributed by atoms with Gasteiger partial charge in [0.1, 0.15) is 0 Å². The monoisotopic (exact) mass is 339 g/mol. The van der Waals surface area contributed by atoms with Crippen LogP contribution in [0.5, 0.6) is 0 Å². The highest BCUT2D eigenvalue weighted by atomic mass is 35.5. The Labute approximate surface area is 146 Å². The largest absolute Gasteiger partial charge is 0.324 e. The predicted octanol–water partition coefficient (Wildman–Crippen LogP) is 4.25. The summed E-state index contributed by atoms with van der Waals surface area (Å²) in [6.45, 7) is 2.01. The van der Waals surface area contributed by atoms with E-state index in [1.807, 2.05) is 65.6 Å². The predicted molar refractivity (Wildman–Crippen MR) is 98.2 cm³/mol. The molecule has 2 amide bonds. The summed E-state index contributed by atoms with van der Waals surface area (Å²) < 4.78 is 0. The number of amides is 2. The van der Waals surface area contributed by atoms with Crippen LogP contribution in [0, 0.1) is 0 Å². The second kappa shape index (κ2) is 7.79. The SMILES string of the molecule is O=C1N(CC=CC=Cc2ccccc2Cl)CCN1c1ccncc1. The number of allylic oxidation sites excluding steroid dienone is 2. The van der Waals surface area contributed by atoms with Gasteiger partial charge in [-0.15, -0.1) is 0 Å². The van der Waals surface area contributed by atoms with Gasteiger partial charge in [0.15, 0.2) is 0 Å². The van der Waals surface area contributed by atoms with Crippen LogP contribution in [-0.2, 0) is 0 Å². The Morgan fingerprint density at radius 2 is 1.88 bits per heavy atom. The van der Waals surface area contributed by atoms with Gasteiger partial charge in [-0.2, -0.15) is 0 Å². The number of carbonyl (C=O) groups is 1. The molecule has 1 aliphatic heterocycles. The van der Waals surface area contributed by atoms with E-state index < -0.39 is 0 Å². The maximum Gasteiger partial charge on any atom is 0.324 e. The normalized spacial score (nSPS) is 15.1. The molecule has 0 bridgehead atoms. The fourth-order valence-electron chi connectivity index (χ4n) is 2.55. The van der Waals surface area contributed by atoms with Crippen molar-refractivity contribution in [1.82, 2.24) is 9.88 Å². The lowest BCUT2D eigenvalue weighted by molar-refractivity contribution is 0.225. The van der Waals surface area contributed by atoms with Gasteiger partial charge in [0.2, 0.25) is 0 Å². The minimum Gasteiger partial charge on any atom is -0.319 e. The molecule has 2 heterocycles. The van der Waals surface area contributed by atoms with Crippen LogP contribution >= 0.6 is 11.6 Å². The third-order valence-corrected chi connectivity index (χ3v) is 4.17. The van der Waals surface area contributed by atoms with E-state index in [0.717, 1.165) is 22.8 Å². The Hall–Kier alpha value is -2.59. The van der Waals surface area contributed by atoms with Gasteiger partial charge in [-0.05, 0) is 23.8 Å². The molecule has 24 heavy (non-hydrogen) atoms. The second-order valence-corrected chi connectivity index (χ2v) is 5.80. The Morgan fingerprint density at radius 1 is 1.08 bits per heavy atom. The lowest BCUT2D eigenvalue weighted by Gasteiger charge is -2.17. The molecular formula is C19H18ClN3O. The summed E-state index contributed by atoms with van der Waals surface area (Å²) in [6, 6.07) is 11.4. The number of pyridine rings is 1. The minimum atomic E-state index is 0.0286. The van der Waals surface area contributed by atoms with Crippen LogP contribution in [0.15, 0.2) is 67.0 Å². The summed E-state index contributed by atoms with van der Waals surface area (Å²) >= 11 is 6.10. The number of anilines is 1. The number of rotatable bonds is 5. The first kappa shape index (κ1) is 16.3. The molecule has 2 aromatic rings. The Bertz CT molecular complexity index is 758. The van der Waals surface area contributed by atoms with E-state index in [4.69, 9.17) is 11.6 Å². The number of aromatic nitrogens is 1. The third kappa shape index (κ3) is 3.84. The molecule has 0 atom stereocenters. The van der Waals surface area contributed by atoms with Gasteiger partial charge in [-0.3, -0.25) is 9.88 Å². The maximum atomic E-state index is 12.4. The summed E-state index contributed by atoms with van der Waals surface area (Å²) in [6.07, 6.45) is 11.2. The van der Waals surface area contributed by atoms with Crippen molar-refractivity contribution in [2.45, 2.75) is 0 Å². The van der Waals surface area contributed by atoms with Crippen molar-refractivity contribution in [3.05, 3.63) is 77.6 Å². The van der Waals surface area contributed by atoms with Gasteiger partial charge in [0.05, 0.1) is 0 Å². The summed E-state index contributed by atoms with van der Waals surface area (Å²) in [5, 5.41) is 0.727. The lowest BCUT2D eigenvalue weighted by atomic mass is 10.2. The molecule has 3 rings (SSSR count). The van der Waals surface area contributed by atoms with E-state index in [1.54, 1.807) is 17.3 Å². The van der Waals surface area contributed by atoms with E-state index in [2.05, 4.69) is 4.98 Å². The number of nitrogens with zero attached hydrogens (tertiary/aromatic N) is 3. The van der Waals surface area contributed by atoms with E-state index in [-0.39, 0.29) is 6.03 Å². The molecule has 5 heteroatoms. The smallest absolute Gasteiger partial charge is 0.319 e. The summed E-state index contributed by atoms with van der Waals surface area (Å²) in [7, 11) is 0. The van der Waals surface area contributed by atoms with Gasteiger partial charge in [0, 0.05) is 42.7 Å². The molecule has 1 aromatic heterocycles. The highest BCUT2D eigenvalue weighted by molar-refractivity contribution is 6.32. The van der Waals surface area contributed by atoms with Crippen LogP contribution in [0.4, 0.5) is 10.5 Å². The Kier molecular flexibility index (Phi) is 5.29. The van der Waals surface area contributed by atoms with Crippen LogP contribution in [0.3, 0.4) is 0 Å². The van der Waals surface area contributed by atoms with Gasteiger partial charge in [-0.25, -0.2) is 4.79 Å². The summed E-state index contributed by atoms with van der Waals surface area (Å²) in [5.74, 6) is 0. The van der Waals surface area contributed by atoms with E-state index in [1.165, 1.54) is 0 Å². The van der Waals surface area contributed by atoms with Gasteiger partial charge >= 0.3 is 6.03 Å². The molecular weight excluding hydrogens is 322 g/mol. The van der Waals surface area contributed by atoms with E-state index >= 15 is 0 Å². The summed E-state index contributed by atoms with van der Waals surface area (Å²) in [4.78, 5) is 20.0. The van der Waals surface area contributed by atoms with Crippen LogP contribution in [0.25, 0.3) is 6.08 Å². The molecule has 122 valence electrons. The fourth-order valence-corrected chi connectivity index (χ4v) is 2.75.